The van der Waals surface area contributed by atoms with Crippen molar-refractivity contribution >= 4 is 33.6 Å². The van der Waals surface area contributed by atoms with Crippen molar-refractivity contribution in [2.45, 2.75) is 11.4 Å². The molecule has 0 saturated carbocycles. The van der Waals surface area contributed by atoms with Gasteiger partial charge in [-0.1, -0.05) is 23.7 Å². The van der Waals surface area contributed by atoms with Crippen LogP contribution in [0.3, 0.4) is 0 Å². The van der Waals surface area contributed by atoms with Gasteiger partial charge in [0.15, 0.2) is 0 Å². The van der Waals surface area contributed by atoms with Crippen molar-refractivity contribution in [1.82, 2.24) is 9.62 Å². The first-order valence-corrected chi connectivity index (χ1v) is 10.0. The zero-order chi connectivity index (χ0) is 19.6. The first kappa shape index (κ1) is 19.4. The summed E-state index contributed by atoms with van der Waals surface area (Å²) in [7, 11) is -0.503. The third-order valence-electron chi connectivity index (χ3n) is 4.13. The molecule has 3 rings (SSSR count). The number of amides is 1. The molecule has 8 heteroatoms. The van der Waals surface area contributed by atoms with Crippen LogP contribution >= 0.6 is 11.6 Å². The van der Waals surface area contributed by atoms with Crippen molar-refractivity contribution in [3.8, 4) is 5.75 Å². The monoisotopic (exact) mass is 406 g/mol. The number of sulfonamides is 1. The lowest BCUT2D eigenvalue weighted by Crippen LogP contribution is -2.28. The Balaban J connectivity index is 1.66. The Bertz CT molecular complexity index is 999. The van der Waals surface area contributed by atoms with Gasteiger partial charge in [-0.05, 0) is 42.0 Å². The van der Waals surface area contributed by atoms with Gasteiger partial charge in [0.25, 0.3) is 5.91 Å². The fraction of sp³-hybridized carbons (Fsp3) is 0.211. The summed E-state index contributed by atoms with van der Waals surface area (Å²) < 4.78 is 30.9. The average Bonchev–Trinajstić information content (AvgIpc) is 2.65. The molecule has 1 heterocycles. The molecule has 1 amide bonds. The number of halogens is 1. The second-order valence-electron chi connectivity index (χ2n) is 6.25. The Labute approximate surface area is 163 Å². The van der Waals surface area contributed by atoms with Crippen molar-refractivity contribution in [2.24, 2.45) is 0 Å². The molecule has 0 fully saturated rings. The van der Waals surface area contributed by atoms with E-state index in [2.05, 4.69) is 5.32 Å². The first-order chi connectivity index (χ1) is 12.8. The number of hydrogen-bond acceptors (Lipinski definition) is 4. The maximum Gasteiger partial charge on any atom is 0.250 e. The highest BCUT2D eigenvalue weighted by atomic mass is 35.5. The molecule has 0 radical (unpaired) electrons. The minimum atomic E-state index is -3.46. The summed E-state index contributed by atoms with van der Waals surface area (Å²) >= 11 is 5.98. The predicted molar refractivity (Wildman–Crippen MR) is 104 cm³/mol. The number of nitrogens with zero attached hydrogens (tertiary/aromatic N) is 1. The van der Waals surface area contributed by atoms with Crippen LogP contribution in [0.25, 0.3) is 6.08 Å². The number of ether oxygens (including phenoxy) is 1. The summed E-state index contributed by atoms with van der Waals surface area (Å²) in [6, 6.07) is 11.7. The normalized spacial score (nSPS) is 13.6. The Morgan fingerprint density at radius 3 is 2.56 bits per heavy atom. The van der Waals surface area contributed by atoms with Gasteiger partial charge in [-0.3, -0.25) is 4.79 Å². The van der Waals surface area contributed by atoms with E-state index in [0.717, 1.165) is 15.4 Å². The van der Waals surface area contributed by atoms with E-state index in [1.807, 2.05) is 0 Å². The van der Waals surface area contributed by atoms with Crippen molar-refractivity contribution in [2.75, 3.05) is 20.7 Å². The molecule has 27 heavy (non-hydrogen) atoms. The highest BCUT2D eigenvalue weighted by Gasteiger charge is 2.18. The van der Waals surface area contributed by atoms with Gasteiger partial charge in [0.05, 0.1) is 10.5 Å². The largest absolute Gasteiger partial charge is 0.488 e. The number of hydrogen-bond donors (Lipinski definition) is 1. The van der Waals surface area contributed by atoms with Crippen LogP contribution in [0.15, 0.2) is 52.9 Å². The summed E-state index contributed by atoms with van der Waals surface area (Å²) in [6.07, 6.45) is 1.76. The smallest absolute Gasteiger partial charge is 0.250 e. The molecule has 142 valence electrons. The van der Waals surface area contributed by atoms with E-state index in [0.29, 0.717) is 16.3 Å². The summed E-state index contributed by atoms with van der Waals surface area (Å²) in [6.45, 7) is 0.460. The van der Waals surface area contributed by atoms with Crippen LogP contribution in [0.2, 0.25) is 5.02 Å². The highest BCUT2D eigenvalue weighted by molar-refractivity contribution is 7.89. The standard InChI is InChI=1S/C19H19ClN2O4S/c1-22(2)27(24,25)17-6-3-13(4-7-17)11-21-19(23)15-9-14-10-16(20)5-8-18(14)26-12-15/h3-10H,11-12H2,1-2H3,(H,21,23). The lowest BCUT2D eigenvalue weighted by atomic mass is 10.1. The zero-order valence-electron chi connectivity index (χ0n) is 14.9. The molecule has 2 aromatic carbocycles. The molecular weight excluding hydrogens is 388 g/mol. The maximum atomic E-state index is 12.4. The molecule has 6 nitrogen and oxygen atoms in total. The van der Waals surface area contributed by atoms with Gasteiger partial charge in [0.1, 0.15) is 12.4 Å². The molecule has 1 aliphatic heterocycles. The maximum absolute atomic E-state index is 12.4. The Kier molecular flexibility index (Phi) is 5.55. The lowest BCUT2D eigenvalue weighted by Gasteiger charge is -2.18. The van der Waals surface area contributed by atoms with Crippen molar-refractivity contribution in [1.29, 1.82) is 0 Å². The molecule has 2 aromatic rings. The Morgan fingerprint density at radius 1 is 1.19 bits per heavy atom. The highest BCUT2D eigenvalue weighted by Crippen LogP contribution is 2.29. The van der Waals surface area contributed by atoms with Crippen LogP contribution in [0.4, 0.5) is 0 Å². The number of nitrogens with one attached hydrogen (secondary N) is 1. The van der Waals surface area contributed by atoms with E-state index >= 15 is 0 Å². The average molecular weight is 407 g/mol. The zero-order valence-corrected chi connectivity index (χ0v) is 16.5. The van der Waals surface area contributed by atoms with E-state index in [1.165, 1.54) is 26.2 Å². The third kappa shape index (κ3) is 4.32. The fourth-order valence-corrected chi connectivity index (χ4v) is 3.65. The van der Waals surface area contributed by atoms with E-state index in [9.17, 15) is 13.2 Å². The quantitative estimate of drug-likeness (QED) is 0.828. The SMILES string of the molecule is CN(C)S(=O)(=O)c1ccc(CNC(=O)C2=Cc3cc(Cl)ccc3OC2)cc1. The molecule has 0 saturated heterocycles. The van der Waals surface area contributed by atoms with Crippen molar-refractivity contribution in [3.63, 3.8) is 0 Å². The Hall–Kier alpha value is -2.35. The summed E-state index contributed by atoms with van der Waals surface area (Å²) in [5.74, 6) is 0.444. The van der Waals surface area contributed by atoms with Crippen molar-refractivity contribution < 1.29 is 17.9 Å². The molecule has 0 aliphatic carbocycles. The topological polar surface area (TPSA) is 75.7 Å². The van der Waals surface area contributed by atoms with Crippen molar-refractivity contribution in [3.05, 3.63) is 64.2 Å². The minimum Gasteiger partial charge on any atom is -0.488 e. The van der Waals surface area contributed by atoms with Gasteiger partial charge in [-0.15, -0.1) is 0 Å². The van der Waals surface area contributed by atoms with E-state index in [4.69, 9.17) is 16.3 Å². The minimum absolute atomic E-state index is 0.181. The van der Waals surface area contributed by atoms with E-state index in [-0.39, 0.29) is 24.0 Å². The third-order valence-corrected chi connectivity index (χ3v) is 6.20. The Morgan fingerprint density at radius 2 is 1.89 bits per heavy atom. The fourth-order valence-electron chi connectivity index (χ4n) is 2.57. The molecule has 1 N–H and O–H groups in total. The van der Waals surface area contributed by atoms with Crippen LogP contribution in [0.5, 0.6) is 5.75 Å². The van der Waals surface area contributed by atoms with Crippen LogP contribution in [-0.4, -0.2) is 39.3 Å². The van der Waals surface area contributed by atoms with Gasteiger partial charge in [-0.2, -0.15) is 0 Å². The summed E-state index contributed by atoms with van der Waals surface area (Å²) in [5, 5.41) is 3.39. The van der Waals surface area contributed by atoms with Gasteiger partial charge in [0, 0.05) is 31.2 Å². The van der Waals surface area contributed by atoms with Crippen LogP contribution < -0.4 is 10.1 Å². The first-order valence-electron chi connectivity index (χ1n) is 8.20. The molecule has 0 spiro atoms. The van der Waals surface area contributed by atoms with E-state index < -0.39 is 10.0 Å². The second-order valence-corrected chi connectivity index (χ2v) is 8.84. The second kappa shape index (κ2) is 7.72. The molecule has 0 atom stereocenters. The molecule has 1 aliphatic rings. The van der Waals surface area contributed by atoms with E-state index in [1.54, 1.807) is 36.4 Å². The number of benzene rings is 2. The van der Waals surface area contributed by atoms with Gasteiger partial charge in [-0.25, -0.2) is 12.7 Å². The lowest BCUT2D eigenvalue weighted by molar-refractivity contribution is -0.117. The molecule has 0 aromatic heterocycles. The number of carbonyl (C=O) groups excluding carboxylic acids is 1. The van der Waals surface area contributed by atoms with Crippen LogP contribution in [-0.2, 0) is 21.4 Å². The molecule has 0 unspecified atom stereocenters. The van der Waals surface area contributed by atoms with Gasteiger partial charge < -0.3 is 10.1 Å². The summed E-state index contributed by atoms with van der Waals surface area (Å²) in [4.78, 5) is 12.6. The molecular formula is C19H19ClN2O4S. The van der Waals surface area contributed by atoms with Crippen LogP contribution in [0.1, 0.15) is 11.1 Å². The summed E-state index contributed by atoms with van der Waals surface area (Å²) in [5.41, 5.74) is 2.05. The van der Waals surface area contributed by atoms with Gasteiger partial charge in [0.2, 0.25) is 10.0 Å². The molecule has 0 bridgehead atoms. The predicted octanol–water partition coefficient (Wildman–Crippen LogP) is 2.68. The van der Waals surface area contributed by atoms with Gasteiger partial charge >= 0.3 is 0 Å². The number of fused-ring (bicyclic) bond motifs is 1. The number of rotatable bonds is 5. The van der Waals surface area contributed by atoms with Crippen LogP contribution in [0, 0.1) is 0 Å². The number of carbonyl (C=O) groups is 1.